The largest absolute Gasteiger partial charge is 0.457 e. The van der Waals surface area contributed by atoms with E-state index in [1.54, 1.807) is 0 Å². The number of hydrogen-bond acceptors (Lipinski definition) is 3. The second-order valence-corrected chi connectivity index (χ2v) is 4.64. The highest BCUT2D eigenvalue weighted by Crippen LogP contribution is 2.44. The summed E-state index contributed by atoms with van der Waals surface area (Å²) in [6, 6.07) is 9.50. The van der Waals surface area contributed by atoms with E-state index in [0.717, 1.165) is 0 Å². The Labute approximate surface area is 114 Å². The highest BCUT2D eigenvalue weighted by Gasteiger charge is 2.48. The Bertz CT molecular complexity index is 622. The quantitative estimate of drug-likeness (QED) is 0.874. The number of epoxide rings is 1. The summed E-state index contributed by atoms with van der Waals surface area (Å²) < 4.78 is 37.1. The molecule has 104 valence electrons. The molecule has 0 bridgehead atoms. The maximum absolute atomic E-state index is 13.4. The van der Waals surface area contributed by atoms with Crippen molar-refractivity contribution in [3.63, 3.8) is 0 Å². The monoisotopic (exact) mass is 278 g/mol. The summed E-state index contributed by atoms with van der Waals surface area (Å²) in [6.45, 7) is 0.0585. The van der Waals surface area contributed by atoms with Gasteiger partial charge in [-0.1, -0.05) is 0 Å². The number of hydrogen-bond donors (Lipinski definition) is 1. The van der Waals surface area contributed by atoms with Crippen molar-refractivity contribution in [2.24, 2.45) is 0 Å². The van der Waals surface area contributed by atoms with E-state index in [1.165, 1.54) is 42.5 Å². The lowest BCUT2D eigenvalue weighted by atomic mass is 9.99. The highest BCUT2D eigenvalue weighted by atomic mass is 19.1. The highest BCUT2D eigenvalue weighted by molar-refractivity contribution is 5.44. The Balaban J connectivity index is 1.95. The molecule has 0 unspecified atom stereocenters. The van der Waals surface area contributed by atoms with E-state index < -0.39 is 11.4 Å². The molecule has 1 saturated heterocycles. The molecule has 5 heteroatoms. The van der Waals surface area contributed by atoms with Gasteiger partial charge in [0.15, 0.2) is 0 Å². The SMILES string of the molecule is OC[C@@]1(c2cc(F)ccc2Oc2ccc(F)cc2)CO1. The summed E-state index contributed by atoms with van der Waals surface area (Å²) in [4.78, 5) is 0. The van der Waals surface area contributed by atoms with Crippen molar-refractivity contribution in [3.05, 3.63) is 59.7 Å². The third-order valence-corrected chi connectivity index (χ3v) is 3.22. The molecule has 0 aromatic heterocycles. The zero-order chi connectivity index (χ0) is 14.2. The molecule has 0 spiro atoms. The van der Waals surface area contributed by atoms with Gasteiger partial charge in [-0.25, -0.2) is 8.78 Å². The predicted molar refractivity (Wildman–Crippen MR) is 67.6 cm³/mol. The van der Waals surface area contributed by atoms with Crippen LogP contribution >= 0.6 is 0 Å². The van der Waals surface area contributed by atoms with Crippen LogP contribution in [0.2, 0.25) is 0 Å². The third-order valence-electron chi connectivity index (χ3n) is 3.22. The molecule has 2 aromatic carbocycles. The van der Waals surface area contributed by atoms with Crippen LogP contribution < -0.4 is 4.74 Å². The van der Waals surface area contributed by atoms with Crippen LogP contribution in [0, 0.1) is 11.6 Å². The molecule has 1 aliphatic heterocycles. The summed E-state index contributed by atoms with van der Waals surface area (Å²) in [6.07, 6.45) is 0. The van der Waals surface area contributed by atoms with Crippen LogP contribution in [0.1, 0.15) is 5.56 Å². The number of aliphatic hydroxyl groups excluding tert-OH is 1. The molecule has 3 rings (SSSR count). The molecule has 0 aliphatic carbocycles. The Morgan fingerprint density at radius 3 is 2.35 bits per heavy atom. The van der Waals surface area contributed by atoms with Crippen molar-refractivity contribution in [3.8, 4) is 11.5 Å². The zero-order valence-corrected chi connectivity index (χ0v) is 10.5. The van der Waals surface area contributed by atoms with E-state index in [0.29, 0.717) is 23.7 Å². The number of benzene rings is 2. The molecule has 1 aliphatic rings. The second-order valence-electron chi connectivity index (χ2n) is 4.64. The number of aliphatic hydroxyl groups is 1. The van der Waals surface area contributed by atoms with Crippen LogP contribution in [-0.2, 0) is 10.3 Å². The molecular weight excluding hydrogens is 266 g/mol. The van der Waals surface area contributed by atoms with Crippen molar-refractivity contribution in [1.29, 1.82) is 0 Å². The van der Waals surface area contributed by atoms with Crippen molar-refractivity contribution in [2.75, 3.05) is 13.2 Å². The minimum Gasteiger partial charge on any atom is -0.457 e. The van der Waals surface area contributed by atoms with Gasteiger partial charge in [0.1, 0.15) is 28.7 Å². The van der Waals surface area contributed by atoms with Crippen molar-refractivity contribution < 1.29 is 23.4 Å². The Kier molecular flexibility index (Phi) is 3.16. The molecule has 1 N–H and O–H groups in total. The number of ether oxygens (including phenoxy) is 2. The van der Waals surface area contributed by atoms with E-state index in [-0.39, 0.29) is 12.4 Å². The smallest absolute Gasteiger partial charge is 0.143 e. The standard InChI is InChI=1S/C15H12F2O3/c16-10-1-4-12(5-2-10)20-14-6-3-11(17)7-13(14)15(8-18)9-19-15/h1-7,18H,8-9H2/t15-/m0/s1. The van der Waals surface area contributed by atoms with Crippen LogP contribution in [0.15, 0.2) is 42.5 Å². The first-order valence-corrected chi connectivity index (χ1v) is 6.11. The lowest BCUT2D eigenvalue weighted by Gasteiger charge is -2.15. The minimum absolute atomic E-state index is 0.254. The fourth-order valence-electron chi connectivity index (χ4n) is 2.00. The molecule has 0 radical (unpaired) electrons. The molecule has 2 aromatic rings. The van der Waals surface area contributed by atoms with Crippen LogP contribution in [0.4, 0.5) is 8.78 Å². The molecule has 1 heterocycles. The summed E-state index contributed by atoms with van der Waals surface area (Å²) in [5.74, 6) is 0.00127. The summed E-state index contributed by atoms with van der Waals surface area (Å²) in [5, 5.41) is 9.38. The van der Waals surface area contributed by atoms with Gasteiger partial charge < -0.3 is 14.6 Å². The first-order valence-electron chi connectivity index (χ1n) is 6.11. The van der Waals surface area contributed by atoms with Gasteiger partial charge in [0.05, 0.1) is 13.2 Å². The van der Waals surface area contributed by atoms with Crippen LogP contribution in [0.5, 0.6) is 11.5 Å². The Morgan fingerprint density at radius 2 is 1.75 bits per heavy atom. The topological polar surface area (TPSA) is 42.0 Å². The number of rotatable bonds is 4. The molecule has 20 heavy (non-hydrogen) atoms. The molecular formula is C15H12F2O3. The van der Waals surface area contributed by atoms with Gasteiger partial charge in [0.25, 0.3) is 0 Å². The van der Waals surface area contributed by atoms with Crippen LogP contribution in [0.3, 0.4) is 0 Å². The maximum atomic E-state index is 13.4. The summed E-state index contributed by atoms with van der Waals surface area (Å²) in [5.41, 5.74) is -0.443. The van der Waals surface area contributed by atoms with E-state index in [9.17, 15) is 13.9 Å². The first-order chi connectivity index (χ1) is 9.63. The Hall–Kier alpha value is -1.98. The fourth-order valence-corrected chi connectivity index (χ4v) is 2.00. The second kappa shape index (κ2) is 4.85. The predicted octanol–water partition coefficient (Wildman–Crippen LogP) is 2.97. The van der Waals surface area contributed by atoms with E-state index in [2.05, 4.69) is 0 Å². The van der Waals surface area contributed by atoms with Crippen LogP contribution in [-0.4, -0.2) is 18.3 Å². The minimum atomic E-state index is -0.891. The number of halogens is 2. The summed E-state index contributed by atoms with van der Waals surface area (Å²) >= 11 is 0. The van der Waals surface area contributed by atoms with Gasteiger partial charge in [-0.2, -0.15) is 0 Å². The fraction of sp³-hybridized carbons (Fsp3) is 0.200. The molecule has 1 fully saturated rings. The first kappa shape index (κ1) is 13.0. The molecule has 3 nitrogen and oxygen atoms in total. The van der Waals surface area contributed by atoms with Gasteiger partial charge in [-0.3, -0.25) is 0 Å². The van der Waals surface area contributed by atoms with Gasteiger partial charge in [-0.15, -0.1) is 0 Å². The normalized spacial score (nSPS) is 20.8. The molecule has 1 atom stereocenters. The average Bonchev–Trinajstić information content (AvgIpc) is 3.24. The van der Waals surface area contributed by atoms with Crippen molar-refractivity contribution >= 4 is 0 Å². The van der Waals surface area contributed by atoms with Gasteiger partial charge in [-0.05, 0) is 42.5 Å². The van der Waals surface area contributed by atoms with E-state index >= 15 is 0 Å². The van der Waals surface area contributed by atoms with E-state index in [4.69, 9.17) is 9.47 Å². The third kappa shape index (κ3) is 2.37. The van der Waals surface area contributed by atoms with Crippen molar-refractivity contribution in [1.82, 2.24) is 0 Å². The van der Waals surface area contributed by atoms with Gasteiger partial charge >= 0.3 is 0 Å². The zero-order valence-electron chi connectivity index (χ0n) is 10.5. The lowest BCUT2D eigenvalue weighted by molar-refractivity contribution is 0.170. The van der Waals surface area contributed by atoms with Gasteiger partial charge in [0.2, 0.25) is 0 Å². The lowest BCUT2D eigenvalue weighted by Crippen LogP contribution is -2.15. The molecule has 0 amide bonds. The molecule has 0 saturated carbocycles. The Morgan fingerprint density at radius 1 is 1.10 bits per heavy atom. The van der Waals surface area contributed by atoms with Gasteiger partial charge in [0, 0.05) is 5.56 Å². The van der Waals surface area contributed by atoms with Crippen LogP contribution in [0.25, 0.3) is 0 Å². The maximum Gasteiger partial charge on any atom is 0.143 e. The summed E-state index contributed by atoms with van der Waals surface area (Å²) in [7, 11) is 0. The average molecular weight is 278 g/mol. The van der Waals surface area contributed by atoms with Crippen molar-refractivity contribution in [2.45, 2.75) is 5.60 Å². The van der Waals surface area contributed by atoms with E-state index in [1.807, 2.05) is 0 Å².